The van der Waals surface area contributed by atoms with Gasteiger partial charge in [-0.3, -0.25) is 9.59 Å². The van der Waals surface area contributed by atoms with Crippen molar-refractivity contribution < 1.29 is 9.59 Å². The quantitative estimate of drug-likeness (QED) is 0.755. The van der Waals surface area contributed by atoms with E-state index in [0.29, 0.717) is 30.6 Å². The SMILES string of the molecule is CC1CCN(C(=O)C2CCN(C(=O)c3ccc4c(c3)nnn4C3CCCC3)CC2)CC1. The summed E-state index contributed by atoms with van der Waals surface area (Å²) in [6.45, 7) is 5.33. The van der Waals surface area contributed by atoms with Crippen LogP contribution < -0.4 is 0 Å². The highest BCUT2D eigenvalue weighted by molar-refractivity contribution is 5.97. The summed E-state index contributed by atoms with van der Waals surface area (Å²) in [6.07, 6.45) is 8.55. The Morgan fingerprint density at radius 2 is 1.58 bits per heavy atom. The maximum atomic E-state index is 13.1. The van der Waals surface area contributed by atoms with Crippen LogP contribution in [-0.2, 0) is 4.79 Å². The van der Waals surface area contributed by atoms with Crippen molar-refractivity contribution in [2.75, 3.05) is 26.2 Å². The summed E-state index contributed by atoms with van der Waals surface area (Å²) >= 11 is 0. The molecule has 0 spiro atoms. The van der Waals surface area contributed by atoms with Crippen LogP contribution in [0.4, 0.5) is 0 Å². The number of aromatic nitrogens is 3. The van der Waals surface area contributed by atoms with E-state index < -0.39 is 0 Å². The average molecular weight is 424 g/mol. The summed E-state index contributed by atoms with van der Waals surface area (Å²) < 4.78 is 2.04. The summed E-state index contributed by atoms with van der Waals surface area (Å²) in [4.78, 5) is 29.9. The van der Waals surface area contributed by atoms with Crippen molar-refractivity contribution in [3.05, 3.63) is 23.8 Å². The summed E-state index contributed by atoms with van der Waals surface area (Å²) in [5.74, 6) is 1.12. The van der Waals surface area contributed by atoms with Crippen molar-refractivity contribution in [2.24, 2.45) is 11.8 Å². The molecule has 3 aliphatic rings. The third-order valence-electron chi connectivity index (χ3n) is 7.62. The molecule has 3 heterocycles. The molecule has 0 atom stereocenters. The molecule has 166 valence electrons. The van der Waals surface area contributed by atoms with Crippen molar-refractivity contribution in [1.29, 1.82) is 0 Å². The summed E-state index contributed by atoms with van der Waals surface area (Å²) in [5.41, 5.74) is 2.48. The first-order valence-electron chi connectivity index (χ1n) is 12.0. The van der Waals surface area contributed by atoms with Crippen LogP contribution in [0.25, 0.3) is 11.0 Å². The Bertz CT molecular complexity index is 948. The Kier molecular flexibility index (Phi) is 5.67. The van der Waals surface area contributed by atoms with E-state index >= 15 is 0 Å². The van der Waals surface area contributed by atoms with Gasteiger partial charge in [-0.05, 0) is 62.6 Å². The van der Waals surface area contributed by atoms with Gasteiger partial charge in [0.05, 0.1) is 11.6 Å². The third-order valence-corrected chi connectivity index (χ3v) is 7.62. The normalized spacial score (nSPS) is 21.8. The van der Waals surface area contributed by atoms with E-state index in [9.17, 15) is 9.59 Å². The van der Waals surface area contributed by atoms with Crippen LogP contribution in [0.15, 0.2) is 18.2 Å². The van der Waals surface area contributed by atoms with E-state index in [1.165, 1.54) is 12.8 Å². The molecular weight excluding hydrogens is 390 g/mol. The van der Waals surface area contributed by atoms with Gasteiger partial charge in [-0.2, -0.15) is 0 Å². The molecule has 2 aromatic rings. The Morgan fingerprint density at radius 1 is 0.903 bits per heavy atom. The van der Waals surface area contributed by atoms with Gasteiger partial charge in [0.1, 0.15) is 5.52 Å². The molecule has 0 radical (unpaired) electrons. The van der Waals surface area contributed by atoms with Gasteiger partial charge in [-0.1, -0.05) is 25.0 Å². The zero-order valence-corrected chi connectivity index (χ0v) is 18.5. The molecule has 5 rings (SSSR count). The molecule has 0 unspecified atom stereocenters. The predicted molar refractivity (Wildman–Crippen MR) is 119 cm³/mol. The van der Waals surface area contributed by atoms with Gasteiger partial charge in [0.15, 0.2) is 0 Å². The predicted octanol–water partition coefficient (Wildman–Crippen LogP) is 3.66. The van der Waals surface area contributed by atoms with Crippen LogP contribution in [0.5, 0.6) is 0 Å². The largest absolute Gasteiger partial charge is 0.342 e. The van der Waals surface area contributed by atoms with Crippen molar-refractivity contribution in [3.63, 3.8) is 0 Å². The van der Waals surface area contributed by atoms with Gasteiger partial charge in [-0.25, -0.2) is 4.68 Å². The van der Waals surface area contributed by atoms with E-state index in [1.807, 2.05) is 32.7 Å². The number of hydrogen-bond acceptors (Lipinski definition) is 4. The van der Waals surface area contributed by atoms with Crippen molar-refractivity contribution in [3.8, 4) is 0 Å². The first-order chi connectivity index (χ1) is 15.1. The highest BCUT2D eigenvalue weighted by atomic mass is 16.2. The molecule has 1 aliphatic carbocycles. The fraction of sp³-hybridized carbons (Fsp3) is 0.667. The monoisotopic (exact) mass is 423 g/mol. The molecule has 1 aromatic carbocycles. The van der Waals surface area contributed by atoms with Crippen LogP contribution in [0.1, 0.15) is 74.7 Å². The molecule has 31 heavy (non-hydrogen) atoms. The van der Waals surface area contributed by atoms with Crippen molar-refractivity contribution in [2.45, 2.75) is 64.3 Å². The summed E-state index contributed by atoms with van der Waals surface area (Å²) in [5, 5.41) is 8.70. The number of carbonyl (C=O) groups is 2. The molecule has 7 heteroatoms. The smallest absolute Gasteiger partial charge is 0.253 e. The zero-order chi connectivity index (χ0) is 21.4. The van der Waals surface area contributed by atoms with E-state index in [0.717, 1.165) is 68.6 Å². The standard InChI is InChI=1S/C24H33N5O2/c1-17-8-12-27(13-9-17)23(30)18-10-14-28(15-11-18)24(31)19-6-7-22-21(16-19)25-26-29(22)20-4-2-3-5-20/h6-7,16-18,20H,2-5,8-15H2,1H3. The van der Waals surface area contributed by atoms with Crippen LogP contribution in [0.2, 0.25) is 0 Å². The molecule has 2 saturated heterocycles. The number of carbonyl (C=O) groups excluding carboxylic acids is 2. The van der Waals surface area contributed by atoms with E-state index in [1.54, 1.807) is 0 Å². The maximum absolute atomic E-state index is 13.1. The summed E-state index contributed by atoms with van der Waals surface area (Å²) in [6, 6.07) is 6.22. The lowest BCUT2D eigenvalue weighted by Gasteiger charge is -2.36. The van der Waals surface area contributed by atoms with E-state index in [2.05, 4.69) is 17.2 Å². The lowest BCUT2D eigenvalue weighted by molar-refractivity contribution is -0.138. The molecule has 0 bridgehead atoms. The number of amides is 2. The molecule has 2 aliphatic heterocycles. The molecule has 7 nitrogen and oxygen atoms in total. The van der Waals surface area contributed by atoms with Crippen LogP contribution in [-0.4, -0.2) is 62.8 Å². The van der Waals surface area contributed by atoms with Gasteiger partial charge >= 0.3 is 0 Å². The van der Waals surface area contributed by atoms with Gasteiger partial charge in [0.25, 0.3) is 5.91 Å². The topological polar surface area (TPSA) is 71.3 Å². The lowest BCUT2D eigenvalue weighted by atomic mass is 9.92. The Labute approximate surface area is 183 Å². The number of piperidine rings is 2. The number of nitrogens with zero attached hydrogens (tertiary/aromatic N) is 5. The van der Waals surface area contributed by atoms with Gasteiger partial charge < -0.3 is 9.80 Å². The second-order valence-electron chi connectivity index (χ2n) is 9.75. The number of rotatable bonds is 3. The zero-order valence-electron chi connectivity index (χ0n) is 18.5. The Morgan fingerprint density at radius 3 is 2.29 bits per heavy atom. The van der Waals surface area contributed by atoms with Crippen LogP contribution >= 0.6 is 0 Å². The molecule has 0 N–H and O–H groups in total. The maximum Gasteiger partial charge on any atom is 0.253 e. The molecule has 2 amide bonds. The molecule has 1 aromatic heterocycles. The van der Waals surface area contributed by atoms with Crippen molar-refractivity contribution in [1.82, 2.24) is 24.8 Å². The third kappa shape index (κ3) is 4.06. The Balaban J connectivity index is 1.21. The van der Waals surface area contributed by atoms with Crippen molar-refractivity contribution >= 4 is 22.8 Å². The van der Waals surface area contributed by atoms with Gasteiger partial charge in [-0.15, -0.1) is 5.10 Å². The second-order valence-corrected chi connectivity index (χ2v) is 9.75. The molecule has 1 saturated carbocycles. The number of hydrogen-bond donors (Lipinski definition) is 0. The Hall–Kier alpha value is -2.44. The fourth-order valence-corrected chi connectivity index (χ4v) is 5.49. The minimum Gasteiger partial charge on any atom is -0.342 e. The van der Waals surface area contributed by atoms with Gasteiger partial charge in [0.2, 0.25) is 5.91 Å². The first kappa shape index (κ1) is 20.5. The summed E-state index contributed by atoms with van der Waals surface area (Å²) in [7, 11) is 0. The second kappa shape index (κ2) is 8.60. The number of fused-ring (bicyclic) bond motifs is 1. The van der Waals surface area contributed by atoms with E-state index in [-0.39, 0.29) is 11.8 Å². The highest BCUT2D eigenvalue weighted by Gasteiger charge is 2.32. The fourth-order valence-electron chi connectivity index (χ4n) is 5.49. The minimum absolute atomic E-state index is 0.0370. The van der Waals surface area contributed by atoms with Gasteiger partial charge in [0, 0.05) is 37.7 Å². The molecular formula is C24H33N5O2. The average Bonchev–Trinajstić information content (AvgIpc) is 3.48. The number of likely N-dealkylation sites (tertiary alicyclic amines) is 2. The van der Waals surface area contributed by atoms with Crippen LogP contribution in [0, 0.1) is 11.8 Å². The lowest BCUT2D eigenvalue weighted by Crippen LogP contribution is -2.46. The highest BCUT2D eigenvalue weighted by Crippen LogP contribution is 2.31. The molecule has 3 fully saturated rings. The minimum atomic E-state index is 0.0370. The number of benzene rings is 1. The first-order valence-corrected chi connectivity index (χ1v) is 12.0. The van der Waals surface area contributed by atoms with Crippen LogP contribution in [0.3, 0.4) is 0 Å². The van der Waals surface area contributed by atoms with E-state index in [4.69, 9.17) is 0 Å².